The fourth-order valence-electron chi connectivity index (χ4n) is 3.49. The van der Waals surface area contributed by atoms with Crippen LogP contribution >= 0.6 is 23.2 Å². The number of para-hydroxylation sites is 1. The number of aliphatic carboxylic acids is 1. The van der Waals surface area contributed by atoms with Crippen LogP contribution in [0.5, 0.6) is 0 Å². The van der Waals surface area contributed by atoms with Crippen molar-refractivity contribution in [2.24, 2.45) is 5.41 Å². The zero-order valence-electron chi connectivity index (χ0n) is 18.3. The van der Waals surface area contributed by atoms with Gasteiger partial charge in [-0.25, -0.2) is 4.79 Å². The predicted octanol–water partition coefficient (Wildman–Crippen LogP) is 5.11. The van der Waals surface area contributed by atoms with Gasteiger partial charge in [0.2, 0.25) is 5.91 Å². The van der Waals surface area contributed by atoms with Crippen LogP contribution in [-0.2, 0) is 19.1 Å². The standard InChI is InChI=1S/C24H24Cl2N2O5/c1-23(2,3)22(32)33-13-24(21(30)31)16(20-17(26)11-14(25)12-18(20)28-24)9-10-19(29)27-15-7-5-4-6-8-15/h4-12,16,28H,13H2,1-3H3,(H,27,29)(H,30,31)/b10-9+. The maximum Gasteiger partial charge on any atom is 0.333 e. The van der Waals surface area contributed by atoms with Gasteiger partial charge in [-0.1, -0.05) is 47.5 Å². The SMILES string of the molecule is CC(C)(C)C(=O)OCC1(C(=O)O)Nc2cc(Cl)cc(Cl)c2C1/C=C/C(=O)Nc1ccccc1. The molecule has 0 bridgehead atoms. The summed E-state index contributed by atoms with van der Waals surface area (Å²) >= 11 is 12.5. The Bertz CT molecular complexity index is 1110. The summed E-state index contributed by atoms with van der Waals surface area (Å²) in [4.78, 5) is 37.4. The molecule has 1 heterocycles. The Labute approximate surface area is 201 Å². The molecule has 1 aliphatic rings. The number of nitrogens with one attached hydrogen (secondary N) is 2. The highest BCUT2D eigenvalue weighted by molar-refractivity contribution is 6.36. The number of carbonyl (C=O) groups is 3. The van der Waals surface area contributed by atoms with Crippen LogP contribution in [0, 0.1) is 5.41 Å². The lowest BCUT2D eigenvalue weighted by atomic mass is 9.82. The molecule has 1 amide bonds. The van der Waals surface area contributed by atoms with E-state index in [9.17, 15) is 19.5 Å². The van der Waals surface area contributed by atoms with Gasteiger partial charge >= 0.3 is 11.9 Å². The Morgan fingerprint density at radius 2 is 1.85 bits per heavy atom. The molecule has 3 N–H and O–H groups in total. The van der Waals surface area contributed by atoms with E-state index >= 15 is 0 Å². The lowest BCUT2D eigenvalue weighted by Gasteiger charge is -2.31. The van der Waals surface area contributed by atoms with Gasteiger partial charge in [-0.2, -0.15) is 0 Å². The Hall–Kier alpha value is -3.03. The number of esters is 1. The normalized spacial score (nSPS) is 19.6. The summed E-state index contributed by atoms with van der Waals surface area (Å²) in [6.45, 7) is 4.51. The van der Waals surface area contributed by atoms with E-state index in [4.69, 9.17) is 27.9 Å². The molecular formula is C24H24Cl2N2O5. The quantitative estimate of drug-likeness (QED) is 0.383. The molecule has 3 rings (SSSR count). The van der Waals surface area contributed by atoms with Gasteiger partial charge in [0.25, 0.3) is 0 Å². The largest absolute Gasteiger partial charge is 0.479 e. The number of fused-ring (bicyclic) bond motifs is 1. The summed E-state index contributed by atoms with van der Waals surface area (Å²) < 4.78 is 5.40. The Morgan fingerprint density at radius 3 is 2.45 bits per heavy atom. The molecule has 174 valence electrons. The van der Waals surface area contributed by atoms with Crippen LogP contribution in [0.15, 0.2) is 54.6 Å². The van der Waals surface area contributed by atoms with Crippen LogP contribution in [0.2, 0.25) is 10.0 Å². The second kappa shape index (κ2) is 9.45. The number of ether oxygens (including phenoxy) is 1. The smallest absolute Gasteiger partial charge is 0.333 e. The number of carboxylic acid groups (broad SMARTS) is 1. The lowest BCUT2D eigenvalue weighted by molar-refractivity contribution is -0.158. The van der Waals surface area contributed by atoms with Gasteiger partial charge in [-0.05, 0) is 51.1 Å². The molecule has 0 radical (unpaired) electrons. The molecular weight excluding hydrogens is 467 g/mol. The molecule has 2 unspecified atom stereocenters. The third-order valence-corrected chi connectivity index (χ3v) is 5.73. The third kappa shape index (κ3) is 5.31. The number of anilines is 2. The van der Waals surface area contributed by atoms with Crippen LogP contribution in [0.1, 0.15) is 32.3 Å². The number of rotatable bonds is 6. The van der Waals surface area contributed by atoms with Crippen molar-refractivity contribution in [3.05, 3.63) is 70.2 Å². The third-order valence-electron chi connectivity index (χ3n) is 5.20. The summed E-state index contributed by atoms with van der Waals surface area (Å²) in [6, 6.07) is 11.9. The zero-order chi connectivity index (χ0) is 24.4. The number of halogens is 2. The number of hydrogen-bond donors (Lipinski definition) is 3. The minimum Gasteiger partial charge on any atom is -0.479 e. The highest BCUT2D eigenvalue weighted by Crippen LogP contribution is 2.48. The van der Waals surface area contributed by atoms with Crippen molar-refractivity contribution in [2.45, 2.75) is 32.2 Å². The van der Waals surface area contributed by atoms with E-state index in [-0.39, 0.29) is 5.02 Å². The number of benzene rings is 2. The van der Waals surface area contributed by atoms with Crippen molar-refractivity contribution >= 4 is 52.4 Å². The molecule has 0 saturated carbocycles. The summed E-state index contributed by atoms with van der Waals surface area (Å²) in [7, 11) is 0. The minimum absolute atomic E-state index is 0.230. The maximum atomic E-state index is 12.5. The van der Waals surface area contributed by atoms with Gasteiger partial charge in [0.15, 0.2) is 5.54 Å². The summed E-state index contributed by atoms with van der Waals surface area (Å²) in [5.74, 6) is -3.21. The summed E-state index contributed by atoms with van der Waals surface area (Å²) in [6.07, 6.45) is 2.68. The number of hydrogen-bond acceptors (Lipinski definition) is 5. The first-order chi connectivity index (χ1) is 15.4. The van der Waals surface area contributed by atoms with Crippen molar-refractivity contribution in [1.29, 1.82) is 0 Å². The van der Waals surface area contributed by atoms with Gasteiger partial charge in [0.1, 0.15) is 6.61 Å². The van der Waals surface area contributed by atoms with Crippen molar-refractivity contribution in [3.8, 4) is 0 Å². The topological polar surface area (TPSA) is 105 Å². The van der Waals surface area contributed by atoms with E-state index in [1.165, 1.54) is 18.2 Å². The van der Waals surface area contributed by atoms with Crippen LogP contribution in [0.25, 0.3) is 0 Å². The first-order valence-electron chi connectivity index (χ1n) is 10.2. The van der Waals surface area contributed by atoms with Gasteiger partial charge < -0.3 is 20.5 Å². The van der Waals surface area contributed by atoms with Gasteiger partial charge in [-0.15, -0.1) is 0 Å². The van der Waals surface area contributed by atoms with E-state index in [0.717, 1.165) is 0 Å². The fourth-order valence-corrected chi connectivity index (χ4v) is 4.10. The highest BCUT2D eigenvalue weighted by Gasteiger charge is 2.53. The Morgan fingerprint density at radius 1 is 1.18 bits per heavy atom. The molecule has 0 aliphatic carbocycles. The Balaban J connectivity index is 1.98. The molecule has 1 aliphatic heterocycles. The molecule has 33 heavy (non-hydrogen) atoms. The summed E-state index contributed by atoms with van der Waals surface area (Å²) in [5, 5.41) is 16.4. The van der Waals surface area contributed by atoms with E-state index in [1.807, 2.05) is 6.07 Å². The van der Waals surface area contributed by atoms with E-state index in [1.54, 1.807) is 51.1 Å². The first-order valence-corrected chi connectivity index (χ1v) is 10.9. The number of carbonyl (C=O) groups excluding carboxylic acids is 2. The lowest BCUT2D eigenvalue weighted by Crippen LogP contribution is -2.52. The van der Waals surface area contributed by atoms with E-state index in [2.05, 4.69) is 10.6 Å². The summed E-state index contributed by atoms with van der Waals surface area (Å²) in [5.41, 5.74) is -1.20. The van der Waals surface area contributed by atoms with E-state index < -0.39 is 41.3 Å². The van der Waals surface area contributed by atoms with Crippen LogP contribution in [-0.4, -0.2) is 35.1 Å². The Kier molecular flexibility index (Phi) is 7.05. The second-order valence-corrected chi connectivity index (χ2v) is 9.61. The monoisotopic (exact) mass is 490 g/mol. The van der Waals surface area contributed by atoms with Crippen LogP contribution in [0.3, 0.4) is 0 Å². The van der Waals surface area contributed by atoms with Gasteiger partial charge in [0, 0.05) is 32.9 Å². The molecule has 0 fully saturated rings. The highest BCUT2D eigenvalue weighted by atomic mass is 35.5. The second-order valence-electron chi connectivity index (χ2n) is 8.77. The molecule has 0 spiro atoms. The fraction of sp³-hybridized carbons (Fsp3) is 0.292. The molecule has 7 nitrogen and oxygen atoms in total. The van der Waals surface area contributed by atoms with Gasteiger partial charge in [-0.3, -0.25) is 9.59 Å². The van der Waals surface area contributed by atoms with Crippen molar-refractivity contribution in [2.75, 3.05) is 17.2 Å². The average Bonchev–Trinajstić information content (AvgIpc) is 3.05. The van der Waals surface area contributed by atoms with Crippen molar-refractivity contribution in [1.82, 2.24) is 0 Å². The molecule has 2 aromatic carbocycles. The number of amides is 1. The van der Waals surface area contributed by atoms with Crippen LogP contribution in [0.4, 0.5) is 11.4 Å². The predicted molar refractivity (Wildman–Crippen MR) is 128 cm³/mol. The molecule has 2 aromatic rings. The molecule has 0 saturated heterocycles. The van der Waals surface area contributed by atoms with Gasteiger partial charge in [0.05, 0.1) is 5.41 Å². The minimum atomic E-state index is -1.79. The van der Waals surface area contributed by atoms with E-state index in [0.29, 0.717) is 22.0 Å². The molecule has 9 heteroatoms. The number of carboxylic acids is 1. The zero-order valence-corrected chi connectivity index (χ0v) is 19.8. The average molecular weight is 491 g/mol. The van der Waals surface area contributed by atoms with Crippen molar-refractivity contribution in [3.63, 3.8) is 0 Å². The molecule has 0 aromatic heterocycles. The maximum absolute atomic E-state index is 12.5. The van der Waals surface area contributed by atoms with Crippen molar-refractivity contribution < 1.29 is 24.2 Å². The molecule has 2 atom stereocenters. The first kappa shape index (κ1) is 24.6. The van der Waals surface area contributed by atoms with Crippen LogP contribution < -0.4 is 10.6 Å².